The second-order valence-corrected chi connectivity index (χ2v) is 4.45. The molecule has 1 amide bonds. The average Bonchev–Trinajstić information content (AvgIpc) is 2.95. The molecule has 1 heterocycles. The molecule has 0 aromatic heterocycles. The molecular formula is C14H14N2O3. The van der Waals surface area contributed by atoms with Crippen LogP contribution in [0.1, 0.15) is 22.3 Å². The molecule has 0 bridgehead atoms. The van der Waals surface area contributed by atoms with E-state index in [1.165, 1.54) is 7.11 Å². The summed E-state index contributed by atoms with van der Waals surface area (Å²) in [6.45, 7) is 0.914. The van der Waals surface area contributed by atoms with Crippen LogP contribution in [-0.2, 0) is 9.53 Å². The first-order valence-corrected chi connectivity index (χ1v) is 6.03. The van der Waals surface area contributed by atoms with E-state index in [4.69, 9.17) is 5.26 Å². The van der Waals surface area contributed by atoms with Crippen molar-refractivity contribution in [3.05, 3.63) is 35.4 Å². The molecule has 2 rings (SSSR count). The van der Waals surface area contributed by atoms with Gasteiger partial charge in [-0.05, 0) is 24.6 Å². The number of likely N-dealkylation sites (tertiary alicyclic amines) is 1. The first-order chi connectivity index (χ1) is 9.15. The van der Waals surface area contributed by atoms with E-state index in [1.807, 2.05) is 6.07 Å². The molecule has 1 atom stereocenters. The SMILES string of the molecule is COC(=O)C1CCN(C(=O)c2cccc(C#N)c2)C1. The van der Waals surface area contributed by atoms with Gasteiger partial charge in [0.1, 0.15) is 0 Å². The number of ether oxygens (including phenoxy) is 1. The number of methoxy groups -OCH3 is 1. The standard InChI is InChI=1S/C14H14N2O3/c1-19-14(18)12-5-6-16(9-12)13(17)11-4-2-3-10(7-11)8-15/h2-4,7,12H,5-6,9H2,1H3. The van der Waals surface area contributed by atoms with Crippen LogP contribution in [-0.4, -0.2) is 37.0 Å². The Kier molecular flexibility index (Phi) is 3.81. The number of hydrogen-bond donors (Lipinski definition) is 0. The van der Waals surface area contributed by atoms with E-state index in [2.05, 4.69) is 4.74 Å². The van der Waals surface area contributed by atoms with E-state index < -0.39 is 0 Å². The van der Waals surface area contributed by atoms with Crippen LogP contribution in [0.5, 0.6) is 0 Å². The van der Waals surface area contributed by atoms with Gasteiger partial charge in [-0.3, -0.25) is 9.59 Å². The van der Waals surface area contributed by atoms with Gasteiger partial charge in [0, 0.05) is 18.7 Å². The summed E-state index contributed by atoms with van der Waals surface area (Å²) < 4.78 is 4.68. The highest BCUT2D eigenvalue weighted by atomic mass is 16.5. The van der Waals surface area contributed by atoms with Gasteiger partial charge in [-0.2, -0.15) is 5.26 Å². The third-order valence-electron chi connectivity index (χ3n) is 3.25. The molecule has 1 saturated heterocycles. The van der Waals surface area contributed by atoms with Crippen molar-refractivity contribution < 1.29 is 14.3 Å². The molecule has 98 valence electrons. The zero-order chi connectivity index (χ0) is 13.8. The van der Waals surface area contributed by atoms with E-state index >= 15 is 0 Å². The van der Waals surface area contributed by atoms with Crippen LogP contribution in [0.25, 0.3) is 0 Å². The predicted octanol–water partition coefficient (Wildman–Crippen LogP) is 1.19. The van der Waals surface area contributed by atoms with Gasteiger partial charge in [0.15, 0.2) is 0 Å². The predicted molar refractivity (Wildman–Crippen MR) is 67.2 cm³/mol. The fourth-order valence-corrected chi connectivity index (χ4v) is 2.21. The summed E-state index contributed by atoms with van der Waals surface area (Å²) in [7, 11) is 1.35. The number of rotatable bonds is 2. The van der Waals surface area contributed by atoms with Crippen LogP contribution in [0.15, 0.2) is 24.3 Å². The van der Waals surface area contributed by atoms with E-state index in [0.717, 1.165) is 0 Å². The summed E-state index contributed by atoms with van der Waals surface area (Å²) in [5, 5.41) is 8.82. The maximum Gasteiger partial charge on any atom is 0.310 e. The second kappa shape index (κ2) is 5.53. The van der Waals surface area contributed by atoms with E-state index in [9.17, 15) is 9.59 Å². The number of carbonyl (C=O) groups excluding carboxylic acids is 2. The van der Waals surface area contributed by atoms with Crippen molar-refractivity contribution in [1.82, 2.24) is 4.90 Å². The molecule has 1 aromatic carbocycles. The lowest BCUT2D eigenvalue weighted by Crippen LogP contribution is -2.30. The van der Waals surface area contributed by atoms with E-state index in [-0.39, 0.29) is 17.8 Å². The molecule has 0 spiro atoms. The Bertz CT molecular complexity index is 548. The lowest BCUT2D eigenvalue weighted by molar-refractivity contribution is -0.144. The molecule has 0 radical (unpaired) electrons. The Morgan fingerprint density at radius 3 is 2.95 bits per heavy atom. The van der Waals surface area contributed by atoms with Crippen molar-refractivity contribution >= 4 is 11.9 Å². The van der Waals surface area contributed by atoms with Crippen LogP contribution in [0.2, 0.25) is 0 Å². The van der Waals surface area contributed by atoms with Crippen LogP contribution < -0.4 is 0 Å². The Balaban J connectivity index is 2.09. The van der Waals surface area contributed by atoms with Crippen LogP contribution >= 0.6 is 0 Å². The van der Waals surface area contributed by atoms with Gasteiger partial charge >= 0.3 is 5.97 Å². The zero-order valence-corrected chi connectivity index (χ0v) is 10.6. The second-order valence-electron chi connectivity index (χ2n) is 4.45. The zero-order valence-electron chi connectivity index (χ0n) is 10.6. The molecule has 1 fully saturated rings. The Morgan fingerprint density at radius 2 is 2.26 bits per heavy atom. The molecule has 0 aliphatic carbocycles. The van der Waals surface area contributed by atoms with Gasteiger partial charge in [0.05, 0.1) is 24.7 Å². The smallest absolute Gasteiger partial charge is 0.310 e. The van der Waals surface area contributed by atoms with Crippen LogP contribution in [0.4, 0.5) is 0 Å². The molecule has 1 aromatic rings. The largest absolute Gasteiger partial charge is 0.469 e. The molecule has 1 aliphatic rings. The van der Waals surface area contributed by atoms with Gasteiger partial charge < -0.3 is 9.64 Å². The van der Waals surface area contributed by atoms with Gasteiger partial charge in [-0.25, -0.2) is 0 Å². The first-order valence-electron chi connectivity index (χ1n) is 6.03. The molecule has 19 heavy (non-hydrogen) atoms. The van der Waals surface area contributed by atoms with Gasteiger partial charge in [0.2, 0.25) is 0 Å². The van der Waals surface area contributed by atoms with Crippen molar-refractivity contribution in [2.75, 3.05) is 20.2 Å². The molecule has 5 heteroatoms. The maximum atomic E-state index is 12.2. The minimum Gasteiger partial charge on any atom is -0.469 e. The summed E-state index contributed by atoms with van der Waals surface area (Å²) in [4.78, 5) is 25.3. The molecule has 5 nitrogen and oxygen atoms in total. The number of amides is 1. The van der Waals surface area contributed by atoms with Gasteiger partial charge in [-0.1, -0.05) is 6.07 Å². The summed E-state index contributed by atoms with van der Waals surface area (Å²) in [6, 6.07) is 8.57. The lowest BCUT2D eigenvalue weighted by Gasteiger charge is -2.16. The number of hydrogen-bond acceptors (Lipinski definition) is 4. The molecule has 0 saturated carbocycles. The Labute approximate surface area is 111 Å². The van der Waals surface area contributed by atoms with Crippen LogP contribution in [0, 0.1) is 17.2 Å². The van der Waals surface area contributed by atoms with Crippen molar-refractivity contribution in [3.63, 3.8) is 0 Å². The van der Waals surface area contributed by atoms with Gasteiger partial charge in [0.25, 0.3) is 5.91 Å². The topological polar surface area (TPSA) is 70.4 Å². The Hall–Kier alpha value is -2.35. The van der Waals surface area contributed by atoms with Crippen molar-refractivity contribution in [1.29, 1.82) is 5.26 Å². The summed E-state index contributed by atoms with van der Waals surface area (Å²) in [5.74, 6) is -0.669. The van der Waals surface area contributed by atoms with E-state index in [1.54, 1.807) is 29.2 Å². The van der Waals surface area contributed by atoms with Gasteiger partial charge in [-0.15, -0.1) is 0 Å². The normalized spacial score (nSPS) is 17.9. The van der Waals surface area contributed by atoms with E-state index in [0.29, 0.717) is 30.6 Å². The van der Waals surface area contributed by atoms with Crippen molar-refractivity contribution in [2.24, 2.45) is 5.92 Å². The number of benzene rings is 1. The van der Waals surface area contributed by atoms with Crippen molar-refractivity contribution in [2.45, 2.75) is 6.42 Å². The summed E-state index contributed by atoms with van der Waals surface area (Å²) in [6.07, 6.45) is 0.621. The minimum absolute atomic E-state index is 0.150. The first kappa shape index (κ1) is 13.1. The fraction of sp³-hybridized carbons (Fsp3) is 0.357. The highest BCUT2D eigenvalue weighted by Gasteiger charge is 2.32. The highest BCUT2D eigenvalue weighted by Crippen LogP contribution is 2.20. The third kappa shape index (κ3) is 2.74. The molecule has 0 N–H and O–H groups in total. The maximum absolute atomic E-state index is 12.2. The Morgan fingerprint density at radius 1 is 1.47 bits per heavy atom. The molecular weight excluding hydrogens is 244 g/mol. The third-order valence-corrected chi connectivity index (χ3v) is 3.25. The summed E-state index contributed by atoms with van der Waals surface area (Å²) >= 11 is 0. The minimum atomic E-state index is -0.277. The lowest BCUT2D eigenvalue weighted by atomic mass is 10.1. The highest BCUT2D eigenvalue weighted by molar-refractivity contribution is 5.95. The molecule has 1 aliphatic heterocycles. The monoisotopic (exact) mass is 258 g/mol. The number of nitriles is 1. The summed E-state index contributed by atoms with van der Waals surface area (Å²) in [5.41, 5.74) is 0.930. The van der Waals surface area contributed by atoms with Crippen LogP contribution in [0.3, 0.4) is 0 Å². The number of nitrogens with zero attached hydrogens (tertiary/aromatic N) is 2. The number of carbonyl (C=O) groups is 2. The fourth-order valence-electron chi connectivity index (χ4n) is 2.21. The average molecular weight is 258 g/mol. The quantitative estimate of drug-likeness (QED) is 0.747. The van der Waals surface area contributed by atoms with Crippen molar-refractivity contribution in [3.8, 4) is 6.07 Å². The molecule has 1 unspecified atom stereocenters. The number of esters is 1.